The molecule has 1 fully saturated rings. The minimum atomic E-state index is -0.122. The lowest BCUT2D eigenvalue weighted by molar-refractivity contribution is -0.131. The maximum atomic E-state index is 12.5. The summed E-state index contributed by atoms with van der Waals surface area (Å²) in [6, 6.07) is 8.15. The van der Waals surface area contributed by atoms with E-state index in [1.807, 2.05) is 24.0 Å². The van der Waals surface area contributed by atoms with E-state index in [1.54, 1.807) is 0 Å². The molecule has 1 saturated heterocycles. The number of piperidine rings is 1. The van der Waals surface area contributed by atoms with Crippen LogP contribution >= 0.6 is 23.1 Å². The van der Waals surface area contributed by atoms with Crippen LogP contribution in [0, 0.1) is 6.92 Å². The van der Waals surface area contributed by atoms with E-state index >= 15 is 0 Å². The Morgan fingerprint density at radius 1 is 1.21 bits per heavy atom. The van der Waals surface area contributed by atoms with Gasteiger partial charge in [-0.05, 0) is 45.2 Å². The standard InChI is InChI=1S/C17H22N4OS2/c1-12-6-8-14(9-7-12)18-16-19-20-17(24-16)23-13(2)15(22)21-10-4-3-5-11-21/h6-9,13H,3-5,10-11H2,1-2H3,(H,18,19)/t13-/m0/s1. The van der Waals surface area contributed by atoms with Crippen LogP contribution in [0.25, 0.3) is 0 Å². The molecule has 5 nitrogen and oxygen atoms in total. The smallest absolute Gasteiger partial charge is 0.235 e. The Bertz CT molecular complexity index is 680. The molecule has 24 heavy (non-hydrogen) atoms. The van der Waals surface area contributed by atoms with Crippen LogP contribution in [0.1, 0.15) is 31.7 Å². The molecule has 128 valence electrons. The van der Waals surface area contributed by atoms with E-state index in [4.69, 9.17) is 0 Å². The summed E-state index contributed by atoms with van der Waals surface area (Å²) in [7, 11) is 0. The molecule has 7 heteroatoms. The molecule has 1 amide bonds. The van der Waals surface area contributed by atoms with Gasteiger partial charge in [-0.2, -0.15) is 0 Å². The van der Waals surface area contributed by atoms with Gasteiger partial charge < -0.3 is 10.2 Å². The average Bonchev–Trinajstić information content (AvgIpc) is 3.04. The van der Waals surface area contributed by atoms with E-state index < -0.39 is 0 Å². The number of amides is 1. The summed E-state index contributed by atoms with van der Waals surface area (Å²) in [4.78, 5) is 14.5. The lowest BCUT2D eigenvalue weighted by Gasteiger charge is -2.28. The highest BCUT2D eigenvalue weighted by atomic mass is 32.2. The van der Waals surface area contributed by atoms with Crippen LogP contribution in [0.3, 0.4) is 0 Å². The van der Waals surface area contributed by atoms with Crippen molar-refractivity contribution in [3.63, 3.8) is 0 Å². The SMILES string of the molecule is Cc1ccc(Nc2nnc(S[C@@H](C)C(=O)N3CCCCC3)s2)cc1. The summed E-state index contributed by atoms with van der Waals surface area (Å²) < 4.78 is 0.822. The van der Waals surface area contributed by atoms with E-state index in [0.717, 1.165) is 41.1 Å². The predicted molar refractivity (Wildman–Crippen MR) is 100 cm³/mol. The molecule has 1 aromatic carbocycles. The zero-order chi connectivity index (χ0) is 16.9. The largest absolute Gasteiger partial charge is 0.342 e. The van der Waals surface area contributed by atoms with Crippen LogP contribution in [-0.4, -0.2) is 39.3 Å². The fourth-order valence-electron chi connectivity index (χ4n) is 2.64. The molecule has 0 saturated carbocycles. The van der Waals surface area contributed by atoms with Crippen molar-refractivity contribution in [2.45, 2.75) is 42.7 Å². The summed E-state index contributed by atoms with van der Waals surface area (Å²) in [5, 5.41) is 12.2. The molecule has 3 rings (SSSR count). The maximum Gasteiger partial charge on any atom is 0.235 e. The molecule has 0 spiro atoms. The number of carbonyl (C=O) groups excluding carboxylic acids is 1. The second-order valence-corrected chi connectivity index (χ2v) is 8.58. The van der Waals surface area contributed by atoms with Crippen molar-refractivity contribution in [2.24, 2.45) is 0 Å². The molecule has 1 aliphatic rings. The highest BCUT2D eigenvalue weighted by Crippen LogP contribution is 2.31. The zero-order valence-electron chi connectivity index (χ0n) is 14.0. The van der Waals surface area contributed by atoms with E-state index in [1.165, 1.54) is 35.1 Å². The number of nitrogens with zero attached hydrogens (tertiary/aromatic N) is 3. The molecule has 1 N–H and O–H groups in total. The van der Waals surface area contributed by atoms with Crippen molar-refractivity contribution in [3.8, 4) is 0 Å². The van der Waals surface area contributed by atoms with E-state index in [-0.39, 0.29) is 11.2 Å². The zero-order valence-corrected chi connectivity index (χ0v) is 15.6. The van der Waals surface area contributed by atoms with Gasteiger partial charge in [0.1, 0.15) is 0 Å². The molecule has 1 aliphatic heterocycles. The molecule has 0 unspecified atom stereocenters. The van der Waals surface area contributed by atoms with Crippen molar-refractivity contribution < 1.29 is 4.79 Å². The number of hydrogen-bond acceptors (Lipinski definition) is 6. The van der Waals surface area contributed by atoms with Crippen molar-refractivity contribution in [1.29, 1.82) is 0 Å². The summed E-state index contributed by atoms with van der Waals surface area (Å²) in [5.74, 6) is 0.211. The van der Waals surface area contributed by atoms with Gasteiger partial charge in [-0.15, -0.1) is 10.2 Å². The van der Waals surface area contributed by atoms with Gasteiger partial charge in [-0.3, -0.25) is 4.79 Å². The monoisotopic (exact) mass is 362 g/mol. The van der Waals surface area contributed by atoms with Crippen LogP contribution in [-0.2, 0) is 4.79 Å². The molecule has 0 bridgehead atoms. The summed E-state index contributed by atoms with van der Waals surface area (Å²) in [6.45, 7) is 5.79. The molecule has 1 aromatic heterocycles. The van der Waals surface area contributed by atoms with Crippen LogP contribution in [0.2, 0.25) is 0 Å². The third-order valence-electron chi connectivity index (χ3n) is 4.00. The number of carbonyl (C=O) groups is 1. The number of anilines is 2. The number of rotatable bonds is 5. The second-order valence-electron chi connectivity index (χ2n) is 6.01. The Balaban J connectivity index is 1.56. The first kappa shape index (κ1) is 17.2. The number of aryl methyl sites for hydroxylation is 1. The first-order chi connectivity index (χ1) is 11.6. The molecular weight excluding hydrogens is 340 g/mol. The van der Waals surface area contributed by atoms with Gasteiger partial charge in [-0.25, -0.2) is 0 Å². The van der Waals surface area contributed by atoms with Crippen LogP contribution < -0.4 is 5.32 Å². The minimum absolute atomic E-state index is 0.122. The van der Waals surface area contributed by atoms with E-state index in [2.05, 4.69) is 34.6 Å². The van der Waals surface area contributed by atoms with Crippen molar-refractivity contribution in [2.75, 3.05) is 18.4 Å². The molecule has 0 aliphatic carbocycles. The number of benzene rings is 1. The van der Waals surface area contributed by atoms with Crippen molar-refractivity contribution in [3.05, 3.63) is 29.8 Å². The van der Waals surface area contributed by atoms with Gasteiger partial charge in [0, 0.05) is 18.8 Å². The van der Waals surface area contributed by atoms with E-state index in [0.29, 0.717) is 0 Å². The maximum absolute atomic E-state index is 12.5. The summed E-state index contributed by atoms with van der Waals surface area (Å²) >= 11 is 2.98. The quantitative estimate of drug-likeness (QED) is 0.812. The van der Waals surface area contributed by atoms with Gasteiger partial charge in [0.05, 0.1) is 5.25 Å². The third-order valence-corrected chi connectivity index (χ3v) is 6.01. The highest BCUT2D eigenvalue weighted by Gasteiger charge is 2.24. The van der Waals surface area contributed by atoms with E-state index in [9.17, 15) is 4.79 Å². The van der Waals surface area contributed by atoms with Crippen LogP contribution in [0.5, 0.6) is 0 Å². The lowest BCUT2D eigenvalue weighted by Crippen LogP contribution is -2.40. The highest BCUT2D eigenvalue weighted by molar-refractivity contribution is 8.02. The Morgan fingerprint density at radius 2 is 1.92 bits per heavy atom. The fraction of sp³-hybridized carbons (Fsp3) is 0.471. The number of thioether (sulfide) groups is 1. The first-order valence-electron chi connectivity index (χ1n) is 8.24. The van der Waals surface area contributed by atoms with Gasteiger partial charge >= 0.3 is 0 Å². The van der Waals surface area contributed by atoms with Gasteiger partial charge in [0.25, 0.3) is 0 Å². The van der Waals surface area contributed by atoms with Crippen molar-refractivity contribution >= 4 is 39.8 Å². The van der Waals surface area contributed by atoms with Gasteiger partial charge in [0.15, 0.2) is 4.34 Å². The Kier molecular flexibility index (Phi) is 5.73. The fourth-order valence-corrected chi connectivity index (χ4v) is 4.64. The molecule has 2 heterocycles. The van der Waals surface area contributed by atoms with Crippen LogP contribution in [0.4, 0.5) is 10.8 Å². The summed E-state index contributed by atoms with van der Waals surface area (Å²) in [6.07, 6.45) is 3.47. The number of likely N-dealkylation sites (tertiary alicyclic amines) is 1. The Hall–Kier alpha value is -1.60. The Morgan fingerprint density at radius 3 is 2.62 bits per heavy atom. The first-order valence-corrected chi connectivity index (χ1v) is 9.94. The normalized spacial score (nSPS) is 16.0. The number of aromatic nitrogens is 2. The molecule has 2 aromatic rings. The molecule has 1 atom stereocenters. The lowest BCUT2D eigenvalue weighted by atomic mass is 10.1. The van der Waals surface area contributed by atoms with Crippen molar-refractivity contribution in [1.82, 2.24) is 15.1 Å². The minimum Gasteiger partial charge on any atom is -0.342 e. The summed E-state index contributed by atoms with van der Waals surface area (Å²) in [5.41, 5.74) is 2.21. The topological polar surface area (TPSA) is 58.1 Å². The van der Waals surface area contributed by atoms with Crippen LogP contribution in [0.15, 0.2) is 28.6 Å². The average molecular weight is 363 g/mol. The predicted octanol–water partition coefficient (Wildman–Crippen LogP) is 4.08. The molecule has 0 radical (unpaired) electrons. The van der Waals surface area contributed by atoms with Gasteiger partial charge in [0.2, 0.25) is 11.0 Å². The number of hydrogen-bond donors (Lipinski definition) is 1. The second kappa shape index (κ2) is 7.98. The Labute approximate surface area is 150 Å². The molecular formula is C17H22N4OS2. The third kappa shape index (κ3) is 4.48. The number of nitrogens with one attached hydrogen (secondary N) is 1. The van der Waals surface area contributed by atoms with Gasteiger partial charge in [-0.1, -0.05) is 40.8 Å².